The largest absolute Gasteiger partial charge is 0.398 e. The number of hydrogen-bond acceptors (Lipinski definition) is 5. The molecular formula is C11H19N2O3P. The molecule has 0 fully saturated rings. The van der Waals surface area contributed by atoms with E-state index >= 15 is 0 Å². The van der Waals surface area contributed by atoms with Crippen LogP contribution in [0.1, 0.15) is 19.4 Å². The zero-order valence-electron chi connectivity index (χ0n) is 10.2. The highest BCUT2D eigenvalue weighted by atomic mass is 31.2. The van der Waals surface area contributed by atoms with Crippen LogP contribution >= 0.6 is 7.60 Å². The van der Waals surface area contributed by atoms with Crippen LogP contribution in [0.3, 0.4) is 0 Å². The molecule has 1 rings (SSSR count). The van der Waals surface area contributed by atoms with Gasteiger partial charge >= 0.3 is 7.60 Å². The van der Waals surface area contributed by atoms with Crippen molar-refractivity contribution in [2.75, 3.05) is 24.7 Å². The van der Waals surface area contributed by atoms with E-state index in [2.05, 4.69) is 0 Å². The van der Waals surface area contributed by atoms with Crippen molar-refractivity contribution in [1.82, 2.24) is 0 Å². The summed E-state index contributed by atoms with van der Waals surface area (Å²) in [6.07, 6.45) is 0.104. The molecule has 96 valence electrons. The van der Waals surface area contributed by atoms with Crippen LogP contribution in [0.4, 0.5) is 11.4 Å². The number of nitrogen functional groups attached to an aromatic ring is 2. The van der Waals surface area contributed by atoms with Crippen molar-refractivity contribution in [1.29, 1.82) is 0 Å². The van der Waals surface area contributed by atoms with E-state index in [4.69, 9.17) is 20.5 Å². The minimum absolute atomic E-state index is 0.104. The molecule has 0 unspecified atom stereocenters. The fourth-order valence-electron chi connectivity index (χ4n) is 1.52. The lowest BCUT2D eigenvalue weighted by atomic mass is 10.2. The Morgan fingerprint density at radius 2 is 1.59 bits per heavy atom. The number of rotatable bonds is 6. The molecule has 17 heavy (non-hydrogen) atoms. The van der Waals surface area contributed by atoms with Crippen molar-refractivity contribution in [3.63, 3.8) is 0 Å². The SMILES string of the molecule is CCOP(=O)(Cc1c(N)cccc1N)OCC. The van der Waals surface area contributed by atoms with Gasteiger partial charge in [0.05, 0.1) is 19.4 Å². The van der Waals surface area contributed by atoms with E-state index in [1.165, 1.54) is 0 Å². The van der Waals surface area contributed by atoms with Crippen molar-refractivity contribution in [3.05, 3.63) is 23.8 Å². The molecule has 4 N–H and O–H groups in total. The highest BCUT2D eigenvalue weighted by Crippen LogP contribution is 2.52. The third-order valence-corrected chi connectivity index (χ3v) is 4.26. The van der Waals surface area contributed by atoms with Crippen LogP contribution in [0.5, 0.6) is 0 Å². The van der Waals surface area contributed by atoms with E-state index < -0.39 is 7.60 Å². The maximum absolute atomic E-state index is 12.3. The first kappa shape index (κ1) is 14.0. The lowest BCUT2D eigenvalue weighted by Crippen LogP contribution is -2.04. The topological polar surface area (TPSA) is 87.6 Å². The molecule has 1 aromatic rings. The van der Waals surface area contributed by atoms with Gasteiger partial charge in [-0.15, -0.1) is 0 Å². The van der Waals surface area contributed by atoms with E-state index in [0.29, 0.717) is 30.2 Å². The van der Waals surface area contributed by atoms with Gasteiger partial charge in [0.2, 0.25) is 0 Å². The summed E-state index contributed by atoms with van der Waals surface area (Å²) in [5.74, 6) is 0. The first-order valence-electron chi connectivity index (χ1n) is 5.53. The van der Waals surface area contributed by atoms with Crippen LogP contribution in [0, 0.1) is 0 Å². The fraction of sp³-hybridized carbons (Fsp3) is 0.455. The molecule has 0 aliphatic heterocycles. The van der Waals surface area contributed by atoms with E-state index in [0.717, 1.165) is 0 Å². The van der Waals surface area contributed by atoms with E-state index in [-0.39, 0.29) is 6.16 Å². The summed E-state index contributed by atoms with van der Waals surface area (Å²) in [5, 5.41) is 0. The second-order valence-electron chi connectivity index (χ2n) is 3.52. The van der Waals surface area contributed by atoms with Crippen LogP contribution in [0.2, 0.25) is 0 Å². The van der Waals surface area contributed by atoms with Crippen LogP contribution in [0.25, 0.3) is 0 Å². The zero-order valence-corrected chi connectivity index (χ0v) is 11.1. The molecule has 0 spiro atoms. The summed E-state index contributed by atoms with van der Waals surface area (Å²) in [4.78, 5) is 0. The first-order chi connectivity index (χ1) is 8.02. The van der Waals surface area contributed by atoms with Crippen LogP contribution in [-0.4, -0.2) is 13.2 Å². The van der Waals surface area contributed by atoms with Crippen LogP contribution in [-0.2, 0) is 19.8 Å². The highest BCUT2D eigenvalue weighted by Gasteiger charge is 2.26. The van der Waals surface area contributed by atoms with Crippen molar-refractivity contribution >= 4 is 19.0 Å². The van der Waals surface area contributed by atoms with E-state index in [1.54, 1.807) is 32.0 Å². The summed E-state index contributed by atoms with van der Waals surface area (Å²) in [6, 6.07) is 5.18. The predicted octanol–water partition coefficient (Wildman–Crippen LogP) is 2.62. The van der Waals surface area contributed by atoms with E-state index in [9.17, 15) is 4.57 Å². The fourth-order valence-corrected chi connectivity index (χ4v) is 3.32. The van der Waals surface area contributed by atoms with Crippen LogP contribution in [0.15, 0.2) is 18.2 Å². The number of benzene rings is 1. The average molecular weight is 258 g/mol. The summed E-state index contributed by atoms with van der Waals surface area (Å²) in [5.41, 5.74) is 13.2. The molecule has 0 saturated carbocycles. The highest BCUT2D eigenvalue weighted by molar-refractivity contribution is 7.53. The lowest BCUT2D eigenvalue weighted by Gasteiger charge is -2.18. The van der Waals surface area contributed by atoms with E-state index in [1.807, 2.05) is 0 Å². The molecule has 0 bridgehead atoms. The van der Waals surface area contributed by atoms with Gasteiger partial charge in [0.25, 0.3) is 0 Å². The smallest absolute Gasteiger partial charge is 0.335 e. The zero-order chi connectivity index (χ0) is 12.9. The Hall–Kier alpha value is -1.03. The Kier molecular flexibility index (Phi) is 5.00. The second kappa shape index (κ2) is 6.05. The number of nitrogens with two attached hydrogens (primary N) is 2. The maximum atomic E-state index is 12.3. The third-order valence-electron chi connectivity index (χ3n) is 2.25. The van der Waals surface area contributed by atoms with Gasteiger partial charge in [0, 0.05) is 16.9 Å². The Balaban J connectivity index is 2.97. The van der Waals surface area contributed by atoms with Gasteiger partial charge in [0.1, 0.15) is 0 Å². The van der Waals surface area contributed by atoms with Crippen molar-refractivity contribution in [2.45, 2.75) is 20.0 Å². The van der Waals surface area contributed by atoms with Gasteiger partial charge in [-0.2, -0.15) is 0 Å². The summed E-state index contributed by atoms with van der Waals surface area (Å²) in [7, 11) is -3.16. The standard InChI is InChI=1S/C11H19N2O3P/c1-3-15-17(14,16-4-2)8-9-10(12)6-5-7-11(9)13/h5-7H,3-4,8,12-13H2,1-2H3. The molecule has 0 atom stereocenters. The second-order valence-corrected chi connectivity index (χ2v) is 5.57. The third kappa shape index (κ3) is 3.73. The van der Waals surface area contributed by atoms with Gasteiger partial charge < -0.3 is 20.5 Å². The average Bonchev–Trinajstić information content (AvgIpc) is 2.24. The van der Waals surface area contributed by atoms with Gasteiger partial charge in [0.15, 0.2) is 0 Å². The molecule has 1 aromatic carbocycles. The minimum atomic E-state index is -3.16. The molecule has 0 aliphatic carbocycles. The number of hydrogen-bond donors (Lipinski definition) is 2. The van der Waals surface area contributed by atoms with Gasteiger partial charge in [-0.3, -0.25) is 4.57 Å². The van der Waals surface area contributed by atoms with Crippen molar-refractivity contribution in [3.8, 4) is 0 Å². The van der Waals surface area contributed by atoms with Gasteiger partial charge in [-0.25, -0.2) is 0 Å². The van der Waals surface area contributed by atoms with Crippen molar-refractivity contribution in [2.24, 2.45) is 0 Å². The Morgan fingerprint density at radius 1 is 1.12 bits per heavy atom. The molecule has 0 amide bonds. The Bertz CT molecular complexity index is 393. The molecular weight excluding hydrogens is 239 g/mol. The summed E-state index contributed by atoms with van der Waals surface area (Å²) in [6.45, 7) is 4.18. The Morgan fingerprint density at radius 3 is 2.00 bits per heavy atom. The minimum Gasteiger partial charge on any atom is -0.398 e. The Labute approximate surface area is 102 Å². The summed E-state index contributed by atoms with van der Waals surface area (Å²) >= 11 is 0. The number of anilines is 2. The first-order valence-corrected chi connectivity index (χ1v) is 7.26. The molecule has 0 heterocycles. The normalized spacial score (nSPS) is 11.6. The molecule has 0 saturated heterocycles. The van der Waals surface area contributed by atoms with Crippen molar-refractivity contribution < 1.29 is 13.6 Å². The molecule has 6 heteroatoms. The van der Waals surface area contributed by atoms with Gasteiger partial charge in [-0.05, 0) is 26.0 Å². The lowest BCUT2D eigenvalue weighted by molar-refractivity contribution is 0.219. The monoisotopic (exact) mass is 258 g/mol. The molecule has 0 aliphatic rings. The van der Waals surface area contributed by atoms with Gasteiger partial charge in [-0.1, -0.05) is 6.07 Å². The maximum Gasteiger partial charge on any atom is 0.335 e. The molecule has 0 aromatic heterocycles. The van der Waals surface area contributed by atoms with Crippen LogP contribution < -0.4 is 11.5 Å². The predicted molar refractivity (Wildman–Crippen MR) is 69.8 cm³/mol. The quantitative estimate of drug-likeness (QED) is 0.605. The molecule has 5 nitrogen and oxygen atoms in total. The summed E-state index contributed by atoms with van der Waals surface area (Å²) < 4.78 is 22.7. The molecule has 0 radical (unpaired) electrons.